The van der Waals surface area contributed by atoms with Crippen LogP contribution in [-0.4, -0.2) is 34.3 Å². The third-order valence-electron chi connectivity index (χ3n) is 3.42. The van der Waals surface area contributed by atoms with E-state index in [1.807, 2.05) is 0 Å². The molecule has 1 N–H and O–H groups in total. The average Bonchev–Trinajstić information content (AvgIpc) is 3.10. The first kappa shape index (κ1) is 17.9. The quantitative estimate of drug-likeness (QED) is 0.677. The molecule has 2 aromatic heterocycles. The maximum atomic E-state index is 13.6. The van der Waals surface area contributed by atoms with Crippen LogP contribution in [0.4, 0.5) is 8.78 Å². The minimum atomic E-state index is -4.42. The second-order valence-electron chi connectivity index (χ2n) is 5.17. The standard InChI is InChI=1S/C15H13F2N5O3S/c16-11-2-1-3-12(17)15(11)26(24,25)19-7-9-22-14(23)5-4-13(20-22)21-8-6-18-10-21/h1-6,8,10,19H,7,9H2. The first-order valence-corrected chi connectivity index (χ1v) is 8.87. The van der Waals surface area contributed by atoms with Crippen LogP contribution in [0.1, 0.15) is 0 Å². The van der Waals surface area contributed by atoms with Crippen molar-refractivity contribution in [3.63, 3.8) is 0 Å². The molecule has 0 saturated carbocycles. The van der Waals surface area contributed by atoms with Gasteiger partial charge in [0, 0.05) is 25.0 Å². The fourth-order valence-electron chi connectivity index (χ4n) is 2.23. The van der Waals surface area contributed by atoms with Crippen molar-refractivity contribution in [1.82, 2.24) is 24.1 Å². The molecule has 2 heterocycles. The van der Waals surface area contributed by atoms with Crippen molar-refractivity contribution in [3.8, 4) is 5.82 Å². The van der Waals surface area contributed by atoms with Crippen LogP contribution < -0.4 is 10.3 Å². The van der Waals surface area contributed by atoms with Gasteiger partial charge < -0.3 is 0 Å². The Morgan fingerprint density at radius 2 is 1.85 bits per heavy atom. The first-order chi connectivity index (χ1) is 12.4. The van der Waals surface area contributed by atoms with Gasteiger partial charge >= 0.3 is 0 Å². The van der Waals surface area contributed by atoms with Crippen LogP contribution in [0.5, 0.6) is 0 Å². The van der Waals surface area contributed by atoms with Gasteiger partial charge in [-0.15, -0.1) is 0 Å². The summed E-state index contributed by atoms with van der Waals surface area (Å²) in [6.45, 7) is -0.410. The fraction of sp³-hybridized carbons (Fsp3) is 0.133. The first-order valence-electron chi connectivity index (χ1n) is 7.39. The maximum absolute atomic E-state index is 13.6. The van der Waals surface area contributed by atoms with Gasteiger partial charge in [0.05, 0.1) is 6.54 Å². The molecule has 3 rings (SSSR count). The number of halogens is 2. The largest absolute Gasteiger partial charge is 0.289 e. The highest BCUT2D eigenvalue weighted by Gasteiger charge is 2.23. The number of aromatic nitrogens is 4. The highest BCUT2D eigenvalue weighted by molar-refractivity contribution is 7.89. The summed E-state index contributed by atoms with van der Waals surface area (Å²) in [6.07, 6.45) is 4.65. The Bertz CT molecular complexity index is 1060. The summed E-state index contributed by atoms with van der Waals surface area (Å²) in [4.78, 5) is 14.7. The number of rotatable bonds is 6. The van der Waals surface area contributed by atoms with Crippen molar-refractivity contribution >= 4 is 10.0 Å². The van der Waals surface area contributed by atoms with Crippen molar-refractivity contribution in [3.05, 3.63) is 71.0 Å². The Labute approximate surface area is 146 Å². The number of hydrogen-bond donors (Lipinski definition) is 1. The summed E-state index contributed by atoms with van der Waals surface area (Å²) >= 11 is 0. The summed E-state index contributed by atoms with van der Waals surface area (Å²) in [5, 5.41) is 4.09. The molecule has 0 unspecified atom stereocenters. The van der Waals surface area contributed by atoms with Crippen LogP contribution >= 0.6 is 0 Å². The molecule has 0 bridgehead atoms. The highest BCUT2D eigenvalue weighted by Crippen LogP contribution is 2.17. The summed E-state index contributed by atoms with van der Waals surface area (Å²) in [5.41, 5.74) is -0.454. The lowest BCUT2D eigenvalue weighted by atomic mass is 10.3. The third kappa shape index (κ3) is 3.68. The van der Waals surface area contributed by atoms with E-state index in [-0.39, 0.29) is 13.1 Å². The van der Waals surface area contributed by atoms with E-state index in [1.54, 1.807) is 10.8 Å². The molecule has 0 atom stereocenters. The van der Waals surface area contributed by atoms with Crippen LogP contribution in [0.2, 0.25) is 0 Å². The second kappa shape index (κ2) is 7.14. The van der Waals surface area contributed by atoms with Gasteiger partial charge in [-0.3, -0.25) is 9.36 Å². The smallest absolute Gasteiger partial charge is 0.266 e. The molecule has 1 aromatic carbocycles. The van der Waals surface area contributed by atoms with Crippen LogP contribution in [0.15, 0.2) is 58.7 Å². The van der Waals surface area contributed by atoms with E-state index in [0.717, 1.165) is 22.9 Å². The summed E-state index contributed by atoms with van der Waals surface area (Å²) in [7, 11) is -4.42. The Balaban J connectivity index is 1.76. The predicted molar refractivity (Wildman–Crippen MR) is 87.2 cm³/mol. The molecule has 0 radical (unpaired) electrons. The van der Waals surface area contributed by atoms with E-state index in [2.05, 4.69) is 14.8 Å². The van der Waals surface area contributed by atoms with Crippen molar-refractivity contribution in [1.29, 1.82) is 0 Å². The molecule has 8 nitrogen and oxygen atoms in total. The van der Waals surface area contributed by atoms with E-state index in [0.29, 0.717) is 5.82 Å². The van der Waals surface area contributed by atoms with Crippen LogP contribution in [0, 0.1) is 11.6 Å². The summed E-state index contributed by atoms with van der Waals surface area (Å²) in [6, 6.07) is 5.51. The number of sulfonamides is 1. The predicted octanol–water partition coefficient (Wildman–Crippen LogP) is 0.686. The molecule has 0 aliphatic carbocycles. The molecule has 0 saturated heterocycles. The molecule has 0 spiro atoms. The molecule has 0 fully saturated rings. The van der Waals surface area contributed by atoms with Gasteiger partial charge in [0.25, 0.3) is 5.56 Å². The maximum Gasteiger partial charge on any atom is 0.266 e. The Morgan fingerprint density at radius 3 is 2.50 bits per heavy atom. The van der Waals surface area contributed by atoms with Gasteiger partial charge in [-0.2, -0.15) is 5.10 Å². The van der Waals surface area contributed by atoms with E-state index < -0.39 is 32.1 Å². The lowest BCUT2D eigenvalue weighted by molar-refractivity contribution is 0.507. The van der Waals surface area contributed by atoms with Crippen LogP contribution in [0.25, 0.3) is 5.82 Å². The van der Waals surface area contributed by atoms with Gasteiger partial charge in [-0.25, -0.2) is 31.6 Å². The van der Waals surface area contributed by atoms with Crippen LogP contribution in [-0.2, 0) is 16.6 Å². The van der Waals surface area contributed by atoms with Gasteiger partial charge in [-0.05, 0) is 18.2 Å². The lowest BCUT2D eigenvalue weighted by Crippen LogP contribution is -2.33. The van der Waals surface area contributed by atoms with Crippen molar-refractivity contribution in [2.24, 2.45) is 0 Å². The average molecular weight is 381 g/mol. The zero-order chi connectivity index (χ0) is 18.7. The highest BCUT2D eigenvalue weighted by atomic mass is 32.2. The Hall–Kier alpha value is -2.92. The SMILES string of the molecule is O=c1ccc(-n2ccnc2)nn1CCNS(=O)(=O)c1c(F)cccc1F. The molecular weight excluding hydrogens is 368 g/mol. The van der Waals surface area contributed by atoms with Gasteiger partial charge in [0.15, 0.2) is 10.7 Å². The molecule has 26 heavy (non-hydrogen) atoms. The monoisotopic (exact) mass is 381 g/mol. The van der Waals surface area contributed by atoms with E-state index >= 15 is 0 Å². The summed E-state index contributed by atoms with van der Waals surface area (Å²) in [5.74, 6) is -1.99. The molecule has 136 valence electrons. The minimum Gasteiger partial charge on any atom is -0.289 e. The molecule has 0 aliphatic rings. The Kier molecular flexibility index (Phi) is 4.91. The third-order valence-corrected chi connectivity index (χ3v) is 4.94. The van der Waals surface area contributed by atoms with E-state index in [4.69, 9.17) is 0 Å². The lowest BCUT2D eigenvalue weighted by Gasteiger charge is -2.10. The van der Waals surface area contributed by atoms with E-state index in [1.165, 1.54) is 24.7 Å². The van der Waals surface area contributed by atoms with Crippen molar-refractivity contribution in [2.45, 2.75) is 11.4 Å². The topological polar surface area (TPSA) is 98.9 Å². The summed E-state index contributed by atoms with van der Waals surface area (Å²) < 4.78 is 56.1. The number of benzene rings is 1. The molecule has 0 aliphatic heterocycles. The number of hydrogen-bond acceptors (Lipinski definition) is 5. The number of nitrogens with zero attached hydrogens (tertiary/aromatic N) is 4. The zero-order valence-corrected chi connectivity index (χ0v) is 14.0. The van der Waals surface area contributed by atoms with E-state index in [9.17, 15) is 22.0 Å². The minimum absolute atomic E-state index is 0.128. The van der Waals surface area contributed by atoms with Gasteiger partial charge in [0.2, 0.25) is 10.0 Å². The normalized spacial score (nSPS) is 11.6. The zero-order valence-electron chi connectivity index (χ0n) is 13.2. The van der Waals surface area contributed by atoms with Crippen molar-refractivity contribution < 1.29 is 17.2 Å². The second-order valence-corrected chi connectivity index (χ2v) is 6.88. The van der Waals surface area contributed by atoms with Crippen molar-refractivity contribution in [2.75, 3.05) is 6.54 Å². The molecule has 0 amide bonds. The van der Waals surface area contributed by atoms with Gasteiger partial charge in [0.1, 0.15) is 18.0 Å². The Morgan fingerprint density at radius 1 is 1.12 bits per heavy atom. The molecule has 3 aromatic rings. The fourth-order valence-corrected chi connectivity index (χ4v) is 3.38. The van der Waals surface area contributed by atoms with Crippen LogP contribution in [0.3, 0.4) is 0 Å². The molecular formula is C15H13F2N5O3S. The number of imidazole rings is 1. The number of nitrogens with one attached hydrogen (secondary N) is 1. The van der Waals surface area contributed by atoms with Gasteiger partial charge in [-0.1, -0.05) is 6.07 Å². The molecule has 11 heteroatoms.